The Morgan fingerprint density at radius 3 is 3.00 bits per heavy atom. The Kier molecular flexibility index (Phi) is 2.13. The van der Waals surface area contributed by atoms with Crippen LogP contribution in [0.2, 0.25) is 0 Å². The maximum absolute atomic E-state index is 9.36. The number of benzene rings is 1. The van der Waals surface area contributed by atoms with E-state index in [1.54, 1.807) is 12.1 Å². The van der Waals surface area contributed by atoms with Crippen LogP contribution in [0, 0.1) is 0 Å². The number of aromatic hydroxyl groups is 1. The molecule has 0 saturated carbocycles. The van der Waals surface area contributed by atoms with Gasteiger partial charge < -0.3 is 10.8 Å². The minimum atomic E-state index is 0.267. The number of hydrogen-bond donors (Lipinski definition) is 2. The number of nitrogens with two attached hydrogens (primary N) is 1. The molecular formula is C10H13N3O. The smallest absolute Gasteiger partial charge is 0.116 e. The van der Waals surface area contributed by atoms with Crippen molar-refractivity contribution >= 4 is 10.9 Å². The molecule has 0 fully saturated rings. The topological polar surface area (TPSA) is 64.1 Å². The average Bonchev–Trinajstić information content (AvgIpc) is 2.45. The Labute approximate surface area is 81.9 Å². The van der Waals surface area contributed by atoms with E-state index in [2.05, 4.69) is 5.10 Å². The predicted octanol–water partition coefficient (Wildman–Crippen LogP) is 0.780. The van der Waals surface area contributed by atoms with Gasteiger partial charge >= 0.3 is 0 Å². The predicted molar refractivity (Wildman–Crippen MR) is 55.1 cm³/mol. The standard InChI is InChI=1S/C10H13N3O/c1-13-10(4-5-11)8-6-7(14)2-3-9(8)12-13/h2-3,6,14H,4-5,11H2,1H3. The van der Waals surface area contributed by atoms with Crippen LogP contribution in [0.4, 0.5) is 0 Å². The third kappa shape index (κ3) is 1.33. The van der Waals surface area contributed by atoms with Gasteiger partial charge in [0.25, 0.3) is 0 Å². The van der Waals surface area contributed by atoms with Crippen molar-refractivity contribution in [2.24, 2.45) is 12.8 Å². The number of hydrogen-bond acceptors (Lipinski definition) is 3. The summed E-state index contributed by atoms with van der Waals surface area (Å²) in [6.07, 6.45) is 0.774. The van der Waals surface area contributed by atoms with Crippen LogP contribution in [0.3, 0.4) is 0 Å². The largest absolute Gasteiger partial charge is 0.508 e. The molecule has 0 atom stereocenters. The molecule has 74 valence electrons. The normalized spacial score (nSPS) is 11.0. The van der Waals surface area contributed by atoms with Gasteiger partial charge in [-0.05, 0) is 24.7 Å². The second kappa shape index (κ2) is 3.31. The van der Waals surface area contributed by atoms with Gasteiger partial charge in [-0.25, -0.2) is 0 Å². The van der Waals surface area contributed by atoms with Gasteiger partial charge in [-0.2, -0.15) is 5.10 Å². The highest BCUT2D eigenvalue weighted by atomic mass is 16.3. The number of rotatable bonds is 2. The Balaban J connectivity index is 2.66. The van der Waals surface area contributed by atoms with E-state index in [0.29, 0.717) is 6.54 Å². The van der Waals surface area contributed by atoms with Crippen molar-refractivity contribution in [1.82, 2.24) is 9.78 Å². The number of aryl methyl sites for hydroxylation is 1. The van der Waals surface area contributed by atoms with Crippen LogP contribution in [-0.2, 0) is 13.5 Å². The minimum absolute atomic E-state index is 0.267. The SMILES string of the molecule is Cn1nc2ccc(O)cc2c1CCN. The molecule has 3 N–H and O–H groups in total. The molecule has 0 aliphatic rings. The van der Waals surface area contributed by atoms with E-state index < -0.39 is 0 Å². The minimum Gasteiger partial charge on any atom is -0.508 e. The second-order valence-corrected chi connectivity index (χ2v) is 3.31. The maximum atomic E-state index is 9.36. The van der Waals surface area contributed by atoms with E-state index in [0.717, 1.165) is 23.0 Å². The fourth-order valence-electron chi connectivity index (χ4n) is 1.67. The summed E-state index contributed by atoms with van der Waals surface area (Å²) in [6, 6.07) is 5.18. The fraction of sp³-hybridized carbons (Fsp3) is 0.300. The summed E-state index contributed by atoms with van der Waals surface area (Å²) >= 11 is 0. The van der Waals surface area contributed by atoms with Crippen LogP contribution in [-0.4, -0.2) is 21.4 Å². The van der Waals surface area contributed by atoms with E-state index in [9.17, 15) is 5.11 Å². The van der Waals surface area contributed by atoms with Crippen LogP contribution < -0.4 is 5.73 Å². The molecule has 0 amide bonds. The zero-order chi connectivity index (χ0) is 10.1. The molecule has 0 spiro atoms. The van der Waals surface area contributed by atoms with Gasteiger partial charge in [0.2, 0.25) is 0 Å². The molecule has 4 nitrogen and oxygen atoms in total. The van der Waals surface area contributed by atoms with Gasteiger partial charge in [-0.3, -0.25) is 4.68 Å². The number of aromatic nitrogens is 2. The van der Waals surface area contributed by atoms with E-state index in [1.807, 2.05) is 17.8 Å². The number of fused-ring (bicyclic) bond motifs is 1. The summed E-state index contributed by atoms with van der Waals surface area (Å²) in [5.74, 6) is 0.267. The monoisotopic (exact) mass is 191 g/mol. The Morgan fingerprint density at radius 2 is 2.29 bits per heavy atom. The molecule has 2 aromatic rings. The summed E-state index contributed by atoms with van der Waals surface area (Å²) in [4.78, 5) is 0. The highest BCUT2D eigenvalue weighted by Crippen LogP contribution is 2.22. The van der Waals surface area contributed by atoms with E-state index in [4.69, 9.17) is 5.73 Å². The van der Waals surface area contributed by atoms with Crippen molar-refractivity contribution < 1.29 is 5.11 Å². The Hall–Kier alpha value is -1.55. The van der Waals surface area contributed by atoms with E-state index >= 15 is 0 Å². The quantitative estimate of drug-likeness (QED) is 0.737. The molecule has 1 heterocycles. The lowest BCUT2D eigenvalue weighted by atomic mass is 10.1. The lowest BCUT2D eigenvalue weighted by Crippen LogP contribution is -2.07. The Bertz CT molecular complexity index is 462. The van der Waals surface area contributed by atoms with Crippen LogP contribution in [0.1, 0.15) is 5.69 Å². The van der Waals surface area contributed by atoms with Crippen molar-refractivity contribution in [2.45, 2.75) is 6.42 Å². The van der Waals surface area contributed by atoms with Gasteiger partial charge in [0.1, 0.15) is 5.75 Å². The van der Waals surface area contributed by atoms with Crippen molar-refractivity contribution in [1.29, 1.82) is 0 Å². The zero-order valence-electron chi connectivity index (χ0n) is 8.07. The van der Waals surface area contributed by atoms with Crippen molar-refractivity contribution in [3.8, 4) is 5.75 Å². The molecule has 14 heavy (non-hydrogen) atoms. The van der Waals surface area contributed by atoms with Crippen LogP contribution in [0.15, 0.2) is 18.2 Å². The lowest BCUT2D eigenvalue weighted by molar-refractivity contribution is 0.476. The van der Waals surface area contributed by atoms with E-state index in [1.165, 1.54) is 0 Å². The molecule has 1 aromatic carbocycles. The molecule has 0 unspecified atom stereocenters. The molecule has 0 bridgehead atoms. The molecule has 0 aliphatic heterocycles. The zero-order valence-corrected chi connectivity index (χ0v) is 8.07. The fourth-order valence-corrected chi connectivity index (χ4v) is 1.67. The van der Waals surface area contributed by atoms with Gasteiger partial charge in [0, 0.05) is 24.5 Å². The van der Waals surface area contributed by atoms with Gasteiger partial charge in [-0.15, -0.1) is 0 Å². The first kappa shape index (κ1) is 9.02. The third-order valence-corrected chi connectivity index (χ3v) is 2.32. The first-order valence-electron chi connectivity index (χ1n) is 4.57. The molecule has 0 aliphatic carbocycles. The van der Waals surface area contributed by atoms with Crippen molar-refractivity contribution in [3.63, 3.8) is 0 Å². The molecular weight excluding hydrogens is 178 g/mol. The average molecular weight is 191 g/mol. The first-order chi connectivity index (χ1) is 6.72. The summed E-state index contributed by atoms with van der Waals surface area (Å²) < 4.78 is 1.82. The lowest BCUT2D eigenvalue weighted by Gasteiger charge is -1.99. The van der Waals surface area contributed by atoms with Crippen molar-refractivity contribution in [2.75, 3.05) is 6.54 Å². The maximum Gasteiger partial charge on any atom is 0.116 e. The van der Waals surface area contributed by atoms with Gasteiger partial charge in [0.15, 0.2) is 0 Å². The molecule has 0 saturated heterocycles. The first-order valence-corrected chi connectivity index (χ1v) is 4.57. The highest BCUT2D eigenvalue weighted by Gasteiger charge is 2.07. The highest BCUT2D eigenvalue weighted by molar-refractivity contribution is 5.83. The molecule has 2 rings (SSSR count). The van der Waals surface area contributed by atoms with E-state index in [-0.39, 0.29) is 5.75 Å². The van der Waals surface area contributed by atoms with Crippen molar-refractivity contribution in [3.05, 3.63) is 23.9 Å². The summed E-state index contributed by atoms with van der Waals surface area (Å²) in [6.45, 7) is 0.588. The molecule has 1 aromatic heterocycles. The molecule has 4 heteroatoms. The number of phenolic OH excluding ortho intramolecular Hbond substituents is 1. The van der Waals surface area contributed by atoms with Gasteiger partial charge in [-0.1, -0.05) is 0 Å². The third-order valence-electron chi connectivity index (χ3n) is 2.32. The van der Waals surface area contributed by atoms with Gasteiger partial charge in [0.05, 0.1) is 5.52 Å². The summed E-state index contributed by atoms with van der Waals surface area (Å²) in [7, 11) is 1.89. The number of phenols is 1. The summed E-state index contributed by atoms with van der Waals surface area (Å²) in [5.41, 5.74) is 7.48. The second-order valence-electron chi connectivity index (χ2n) is 3.31. The van der Waals surface area contributed by atoms with Crippen LogP contribution >= 0.6 is 0 Å². The number of nitrogens with zero attached hydrogens (tertiary/aromatic N) is 2. The Morgan fingerprint density at radius 1 is 1.50 bits per heavy atom. The summed E-state index contributed by atoms with van der Waals surface area (Å²) in [5, 5.41) is 14.7. The van der Waals surface area contributed by atoms with Crippen LogP contribution in [0.5, 0.6) is 5.75 Å². The molecule has 0 radical (unpaired) electrons. The van der Waals surface area contributed by atoms with Crippen LogP contribution in [0.25, 0.3) is 10.9 Å².